The van der Waals surface area contributed by atoms with Crippen LogP contribution in [0.2, 0.25) is 0 Å². The fourth-order valence-corrected chi connectivity index (χ4v) is 5.81. The van der Waals surface area contributed by atoms with Gasteiger partial charge in [-0.1, -0.05) is 6.42 Å². The van der Waals surface area contributed by atoms with Gasteiger partial charge in [0.25, 0.3) is 5.69 Å². The number of sulfone groups is 1. The van der Waals surface area contributed by atoms with E-state index in [9.17, 15) is 36.5 Å². The smallest absolute Gasteiger partial charge is 0.338 e. The zero-order valence-electron chi connectivity index (χ0n) is 18.2. The van der Waals surface area contributed by atoms with Crippen molar-refractivity contribution >= 4 is 37.3 Å². The van der Waals surface area contributed by atoms with Crippen molar-refractivity contribution in [1.82, 2.24) is 4.31 Å². The van der Waals surface area contributed by atoms with E-state index >= 15 is 0 Å². The molecular formula is C21H22N2O9S2. The number of nitrogens with zero attached hydrogens (tertiary/aromatic N) is 2. The summed E-state index contributed by atoms with van der Waals surface area (Å²) >= 11 is 0. The minimum Gasteiger partial charge on any atom is -0.454 e. The number of carbonyl (C=O) groups is 2. The molecule has 0 aromatic heterocycles. The Bertz CT molecular complexity index is 1330. The third-order valence-electron chi connectivity index (χ3n) is 5.25. The minimum atomic E-state index is -3.90. The standard InChI is InChI=1S/C21H22N2O9S2/c1-33(28,29)20-10-7-16(13-18(20)23(26)27)21(25)32-14-19(24)15-5-8-17(9-6-15)34(30,31)22-11-3-2-4-12-22/h5-10,13H,2-4,11-12,14H2,1H3. The van der Waals surface area contributed by atoms with Crippen molar-refractivity contribution in [3.05, 3.63) is 63.7 Å². The number of hydrogen-bond acceptors (Lipinski definition) is 9. The molecule has 2 aromatic rings. The molecule has 0 amide bonds. The highest BCUT2D eigenvalue weighted by Crippen LogP contribution is 2.25. The van der Waals surface area contributed by atoms with Crippen LogP contribution in [0.3, 0.4) is 0 Å². The molecule has 0 saturated carbocycles. The minimum absolute atomic E-state index is 0.0567. The number of hydrogen-bond donors (Lipinski definition) is 0. The normalized spacial score (nSPS) is 15.0. The van der Waals surface area contributed by atoms with E-state index in [-0.39, 0.29) is 16.0 Å². The van der Waals surface area contributed by atoms with E-state index in [4.69, 9.17) is 4.74 Å². The van der Waals surface area contributed by atoms with Crippen molar-refractivity contribution in [2.45, 2.75) is 29.1 Å². The number of ether oxygens (including phenoxy) is 1. The molecule has 0 unspecified atom stereocenters. The van der Waals surface area contributed by atoms with Crippen LogP contribution in [0.15, 0.2) is 52.3 Å². The first-order valence-corrected chi connectivity index (χ1v) is 13.5. The van der Waals surface area contributed by atoms with Gasteiger partial charge in [0.05, 0.1) is 15.4 Å². The lowest BCUT2D eigenvalue weighted by atomic mass is 10.1. The summed E-state index contributed by atoms with van der Waals surface area (Å²) in [5.74, 6) is -1.67. The summed E-state index contributed by atoms with van der Waals surface area (Å²) in [6.07, 6.45) is 3.37. The van der Waals surface area contributed by atoms with Crippen LogP contribution in [0.4, 0.5) is 5.69 Å². The number of piperidine rings is 1. The van der Waals surface area contributed by atoms with Gasteiger partial charge in [0, 0.05) is 31.0 Å². The Kier molecular flexibility index (Phi) is 7.48. The van der Waals surface area contributed by atoms with Crippen LogP contribution < -0.4 is 0 Å². The number of sulfonamides is 1. The second-order valence-corrected chi connectivity index (χ2v) is 11.6. The molecule has 13 heteroatoms. The molecule has 2 aromatic carbocycles. The molecule has 0 bridgehead atoms. The monoisotopic (exact) mass is 510 g/mol. The van der Waals surface area contributed by atoms with Gasteiger partial charge < -0.3 is 4.74 Å². The van der Waals surface area contributed by atoms with E-state index in [1.54, 1.807) is 0 Å². The molecule has 182 valence electrons. The Morgan fingerprint density at radius 2 is 1.56 bits per heavy atom. The van der Waals surface area contributed by atoms with Crippen LogP contribution >= 0.6 is 0 Å². The largest absolute Gasteiger partial charge is 0.454 e. The first-order chi connectivity index (χ1) is 15.9. The number of benzene rings is 2. The highest BCUT2D eigenvalue weighted by molar-refractivity contribution is 7.90. The number of carbonyl (C=O) groups excluding carboxylic acids is 2. The lowest BCUT2D eigenvalue weighted by molar-refractivity contribution is -0.387. The number of rotatable bonds is 8. The maximum absolute atomic E-state index is 12.7. The molecule has 3 rings (SSSR count). The molecule has 0 N–H and O–H groups in total. The van der Waals surface area contributed by atoms with Crippen LogP contribution in [0.1, 0.15) is 40.0 Å². The van der Waals surface area contributed by atoms with Gasteiger partial charge in [0.2, 0.25) is 10.0 Å². The first-order valence-electron chi connectivity index (χ1n) is 10.2. The third kappa shape index (κ3) is 5.66. The summed E-state index contributed by atoms with van der Waals surface area (Å²) in [7, 11) is -7.55. The predicted molar refractivity (Wildman–Crippen MR) is 120 cm³/mol. The lowest BCUT2D eigenvalue weighted by Crippen LogP contribution is -2.35. The van der Waals surface area contributed by atoms with Gasteiger partial charge in [-0.25, -0.2) is 21.6 Å². The Balaban J connectivity index is 1.68. The third-order valence-corrected chi connectivity index (χ3v) is 8.31. The summed E-state index contributed by atoms with van der Waals surface area (Å²) < 4.78 is 55.1. The molecule has 1 aliphatic heterocycles. The average molecular weight is 511 g/mol. The summed E-state index contributed by atoms with van der Waals surface area (Å²) in [5.41, 5.74) is -0.965. The Labute approximate surface area is 196 Å². The number of nitro groups is 1. The molecule has 1 fully saturated rings. The SMILES string of the molecule is CS(=O)(=O)c1ccc(C(=O)OCC(=O)c2ccc(S(=O)(=O)N3CCCCC3)cc2)cc1[N+](=O)[O-]. The molecule has 0 aliphatic carbocycles. The topological polar surface area (TPSA) is 158 Å². The number of ketones is 1. The lowest BCUT2D eigenvalue weighted by Gasteiger charge is -2.25. The number of nitro benzene ring substituents is 1. The van der Waals surface area contributed by atoms with Gasteiger partial charge in [-0.3, -0.25) is 14.9 Å². The second kappa shape index (κ2) is 9.99. The molecule has 11 nitrogen and oxygen atoms in total. The van der Waals surface area contributed by atoms with E-state index in [1.165, 1.54) is 28.6 Å². The van der Waals surface area contributed by atoms with Crippen molar-refractivity contribution in [3.8, 4) is 0 Å². The van der Waals surface area contributed by atoms with Crippen LogP contribution in [0, 0.1) is 10.1 Å². The molecule has 1 heterocycles. The fraction of sp³-hybridized carbons (Fsp3) is 0.333. The second-order valence-electron chi connectivity index (χ2n) is 7.70. The maximum Gasteiger partial charge on any atom is 0.338 e. The van der Waals surface area contributed by atoms with E-state index < -0.39 is 53.7 Å². The quantitative estimate of drug-likeness (QED) is 0.225. The Hall–Kier alpha value is -3.16. The highest BCUT2D eigenvalue weighted by Gasteiger charge is 2.27. The van der Waals surface area contributed by atoms with E-state index in [2.05, 4.69) is 0 Å². The van der Waals surface area contributed by atoms with Crippen molar-refractivity contribution < 1.29 is 36.1 Å². The Morgan fingerprint density at radius 3 is 2.12 bits per heavy atom. The predicted octanol–water partition coefficient (Wildman–Crippen LogP) is 2.21. The molecule has 0 radical (unpaired) electrons. The zero-order valence-corrected chi connectivity index (χ0v) is 19.8. The van der Waals surface area contributed by atoms with Crippen molar-refractivity contribution in [2.24, 2.45) is 0 Å². The summed E-state index contributed by atoms with van der Waals surface area (Å²) in [6.45, 7) is 0.198. The Morgan fingerprint density at radius 1 is 0.971 bits per heavy atom. The molecule has 34 heavy (non-hydrogen) atoms. The van der Waals surface area contributed by atoms with Crippen molar-refractivity contribution in [2.75, 3.05) is 26.0 Å². The van der Waals surface area contributed by atoms with Gasteiger partial charge in [-0.2, -0.15) is 4.31 Å². The molecule has 1 aliphatic rings. The molecular weight excluding hydrogens is 488 g/mol. The molecule has 0 spiro atoms. The van der Waals surface area contributed by atoms with Crippen LogP contribution in [-0.2, 0) is 24.6 Å². The van der Waals surface area contributed by atoms with Gasteiger partial charge in [-0.15, -0.1) is 0 Å². The van der Waals surface area contributed by atoms with Crippen LogP contribution in [0.5, 0.6) is 0 Å². The fourth-order valence-electron chi connectivity index (χ4n) is 3.47. The van der Waals surface area contributed by atoms with Crippen molar-refractivity contribution in [1.29, 1.82) is 0 Å². The molecule has 1 saturated heterocycles. The summed E-state index contributed by atoms with van der Waals surface area (Å²) in [4.78, 5) is 34.4. The van der Waals surface area contributed by atoms with Crippen LogP contribution in [-0.4, -0.2) is 63.8 Å². The molecule has 0 atom stereocenters. The zero-order chi connectivity index (χ0) is 25.1. The van der Waals surface area contributed by atoms with E-state index in [0.717, 1.165) is 43.7 Å². The van der Waals surface area contributed by atoms with Crippen molar-refractivity contribution in [3.63, 3.8) is 0 Å². The number of esters is 1. The van der Waals surface area contributed by atoms with Gasteiger partial charge >= 0.3 is 5.97 Å². The highest BCUT2D eigenvalue weighted by atomic mass is 32.2. The number of Topliss-reactive ketones (excluding diaryl/α,β-unsaturated/α-hetero) is 1. The van der Waals surface area contributed by atoms with Crippen LogP contribution in [0.25, 0.3) is 0 Å². The maximum atomic E-state index is 12.7. The average Bonchev–Trinajstić information content (AvgIpc) is 2.82. The summed E-state index contributed by atoms with van der Waals surface area (Å²) in [6, 6.07) is 8.00. The summed E-state index contributed by atoms with van der Waals surface area (Å²) in [5, 5.41) is 11.2. The van der Waals surface area contributed by atoms with E-state index in [0.29, 0.717) is 13.1 Å². The van der Waals surface area contributed by atoms with E-state index in [1.807, 2.05) is 0 Å². The first kappa shape index (κ1) is 25.5. The van der Waals surface area contributed by atoms with Gasteiger partial charge in [0.15, 0.2) is 22.2 Å². The van der Waals surface area contributed by atoms with Gasteiger partial charge in [-0.05, 0) is 49.2 Å². The van der Waals surface area contributed by atoms with Gasteiger partial charge in [0.1, 0.15) is 4.90 Å².